The molecule has 0 aromatic heterocycles. The third-order valence-corrected chi connectivity index (χ3v) is 6.93. The molecular weight excluding hydrogens is 542 g/mol. The predicted octanol–water partition coefficient (Wildman–Crippen LogP) is 3.26. The van der Waals surface area contributed by atoms with Crippen LogP contribution in [-0.4, -0.2) is 83.9 Å². The molecule has 3 aromatic rings. The van der Waals surface area contributed by atoms with E-state index in [2.05, 4.69) is 0 Å². The standard InChI is InChI=1S/C32H38F2N4O4/c1-5-21-8-6-9-22(12-21)18-38(19-29(39)28(35)15-23-13-26(33)17-27(34)14-23)32(42)25-11-7-10-24(16-25)31(41)37(4)20-30(40)36(2)3/h6-14,16-17,28-29,39H,5,15,18-20,35H2,1-4H3/t28-,29+/m0/s1. The van der Waals surface area contributed by atoms with Gasteiger partial charge < -0.3 is 25.5 Å². The van der Waals surface area contributed by atoms with E-state index >= 15 is 0 Å². The van der Waals surface area contributed by atoms with Gasteiger partial charge in [0, 0.05) is 57.5 Å². The summed E-state index contributed by atoms with van der Waals surface area (Å²) in [5, 5.41) is 11.0. The number of nitrogens with zero attached hydrogens (tertiary/aromatic N) is 3. The van der Waals surface area contributed by atoms with Crippen molar-refractivity contribution in [1.29, 1.82) is 0 Å². The zero-order valence-electron chi connectivity index (χ0n) is 24.4. The monoisotopic (exact) mass is 580 g/mol. The highest BCUT2D eigenvalue weighted by Crippen LogP contribution is 2.17. The molecule has 0 radical (unpaired) electrons. The lowest BCUT2D eigenvalue weighted by molar-refractivity contribution is -0.129. The Balaban J connectivity index is 1.85. The molecule has 42 heavy (non-hydrogen) atoms. The van der Waals surface area contributed by atoms with E-state index in [0.717, 1.165) is 35.7 Å². The van der Waals surface area contributed by atoms with Crippen molar-refractivity contribution in [3.8, 4) is 0 Å². The molecule has 8 nitrogen and oxygen atoms in total. The van der Waals surface area contributed by atoms with Crippen LogP contribution in [0.25, 0.3) is 0 Å². The van der Waals surface area contributed by atoms with E-state index in [4.69, 9.17) is 5.73 Å². The Morgan fingerprint density at radius 3 is 2.05 bits per heavy atom. The first-order chi connectivity index (χ1) is 19.9. The summed E-state index contributed by atoms with van der Waals surface area (Å²) in [4.78, 5) is 43.0. The SMILES string of the molecule is CCc1cccc(CN(C[C@@H](O)[C@@H](N)Cc2cc(F)cc(F)c2)C(=O)c2cccc(C(=O)N(C)CC(=O)N(C)C)c2)c1. The summed E-state index contributed by atoms with van der Waals surface area (Å²) in [6.45, 7) is 1.89. The van der Waals surface area contributed by atoms with Gasteiger partial charge in [-0.2, -0.15) is 0 Å². The van der Waals surface area contributed by atoms with Crippen LogP contribution in [0, 0.1) is 11.6 Å². The summed E-state index contributed by atoms with van der Waals surface area (Å²) in [6, 6.07) is 16.0. The van der Waals surface area contributed by atoms with Crippen LogP contribution in [0.5, 0.6) is 0 Å². The fourth-order valence-electron chi connectivity index (χ4n) is 4.49. The number of hydrogen-bond acceptors (Lipinski definition) is 5. The van der Waals surface area contributed by atoms with Gasteiger partial charge in [-0.3, -0.25) is 14.4 Å². The minimum Gasteiger partial charge on any atom is -0.390 e. The van der Waals surface area contributed by atoms with Crippen molar-refractivity contribution in [2.24, 2.45) is 5.73 Å². The number of carbonyl (C=O) groups excluding carboxylic acids is 3. The van der Waals surface area contributed by atoms with Crippen LogP contribution < -0.4 is 5.73 Å². The highest BCUT2D eigenvalue weighted by molar-refractivity contribution is 6.00. The summed E-state index contributed by atoms with van der Waals surface area (Å²) < 4.78 is 27.4. The quantitative estimate of drug-likeness (QED) is 0.342. The number of aryl methyl sites for hydroxylation is 1. The van der Waals surface area contributed by atoms with Crippen molar-refractivity contribution >= 4 is 17.7 Å². The van der Waals surface area contributed by atoms with Crippen LogP contribution in [-0.2, 0) is 24.2 Å². The van der Waals surface area contributed by atoms with E-state index in [1.165, 1.54) is 27.8 Å². The average molecular weight is 581 g/mol. The summed E-state index contributed by atoms with van der Waals surface area (Å²) in [7, 11) is 4.70. The zero-order chi connectivity index (χ0) is 31.0. The second-order valence-electron chi connectivity index (χ2n) is 10.6. The molecule has 3 amide bonds. The summed E-state index contributed by atoms with van der Waals surface area (Å²) in [5.41, 5.74) is 8.87. The molecule has 0 heterocycles. The number of likely N-dealkylation sites (N-methyl/N-ethyl adjacent to an activating group) is 2. The smallest absolute Gasteiger partial charge is 0.254 e. The Kier molecular flexibility index (Phi) is 11.3. The lowest BCUT2D eigenvalue weighted by atomic mass is 10.0. The zero-order valence-corrected chi connectivity index (χ0v) is 24.4. The highest BCUT2D eigenvalue weighted by Gasteiger charge is 2.25. The Bertz CT molecular complexity index is 1390. The van der Waals surface area contributed by atoms with Crippen molar-refractivity contribution in [1.82, 2.24) is 14.7 Å². The second-order valence-corrected chi connectivity index (χ2v) is 10.6. The largest absolute Gasteiger partial charge is 0.390 e. The average Bonchev–Trinajstić information content (AvgIpc) is 2.95. The lowest BCUT2D eigenvalue weighted by Crippen LogP contribution is -2.46. The predicted molar refractivity (Wildman–Crippen MR) is 157 cm³/mol. The third kappa shape index (κ3) is 8.92. The molecule has 3 aromatic carbocycles. The van der Waals surface area contributed by atoms with Gasteiger partial charge in [-0.15, -0.1) is 0 Å². The fraction of sp³-hybridized carbons (Fsp3) is 0.344. The van der Waals surface area contributed by atoms with Crippen LogP contribution in [0.2, 0.25) is 0 Å². The number of aliphatic hydroxyl groups is 1. The molecule has 0 spiro atoms. The molecule has 3 N–H and O–H groups in total. The molecule has 224 valence electrons. The fourth-order valence-corrected chi connectivity index (χ4v) is 4.49. The van der Waals surface area contributed by atoms with Crippen LogP contribution >= 0.6 is 0 Å². The topological polar surface area (TPSA) is 107 Å². The number of carbonyl (C=O) groups is 3. The van der Waals surface area contributed by atoms with Crippen molar-refractivity contribution in [2.45, 2.75) is 38.5 Å². The van der Waals surface area contributed by atoms with Gasteiger partial charge in [0.1, 0.15) is 11.6 Å². The molecule has 3 rings (SSSR count). The van der Waals surface area contributed by atoms with Gasteiger partial charge in [0.2, 0.25) is 5.91 Å². The van der Waals surface area contributed by atoms with Crippen LogP contribution in [0.1, 0.15) is 44.3 Å². The maximum absolute atomic E-state index is 13.8. The van der Waals surface area contributed by atoms with Gasteiger partial charge in [-0.25, -0.2) is 8.78 Å². The van der Waals surface area contributed by atoms with Gasteiger partial charge in [-0.1, -0.05) is 37.3 Å². The summed E-state index contributed by atoms with van der Waals surface area (Å²) in [5.74, 6) is -2.60. The number of aliphatic hydroxyl groups excluding tert-OH is 1. The lowest BCUT2D eigenvalue weighted by Gasteiger charge is -2.29. The summed E-state index contributed by atoms with van der Waals surface area (Å²) >= 11 is 0. The minimum absolute atomic E-state index is 0.00874. The van der Waals surface area contributed by atoms with Crippen molar-refractivity contribution < 1.29 is 28.3 Å². The highest BCUT2D eigenvalue weighted by atomic mass is 19.1. The van der Waals surface area contributed by atoms with Gasteiger partial charge in [0.05, 0.1) is 12.6 Å². The number of halogens is 2. The second kappa shape index (κ2) is 14.7. The first kappa shape index (κ1) is 32.4. The molecule has 0 bridgehead atoms. The minimum atomic E-state index is -1.22. The number of benzene rings is 3. The van der Waals surface area contributed by atoms with Gasteiger partial charge >= 0.3 is 0 Å². The molecule has 0 aliphatic heterocycles. The molecule has 0 saturated carbocycles. The normalized spacial score (nSPS) is 12.4. The first-order valence-electron chi connectivity index (χ1n) is 13.7. The molecule has 10 heteroatoms. The van der Waals surface area contributed by atoms with Crippen molar-refractivity contribution in [3.05, 3.63) is 106 Å². The number of rotatable bonds is 12. The van der Waals surface area contributed by atoms with E-state index < -0.39 is 35.6 Å². The van der Waals surface area contributed by atoms with Crippen LogP contribution in [0.3, 0.4) is 0 Å². The Morgan fingerprint density at radius 1 is 0.833 bits per heavy atom. The Hall–Kier alpha value is -4.15. The number of hydrogen-bond donors (Lipinski definition) is 2. The molecule has 0 aliphatic rings. The summed E-state index contributed by atoms with van der Waals surface area (Å²) in [6.07, 6.45) is -0.429. The molecular formula is C32H38F2N4O4. The molecule has 2 atom stereocenters. The third-order valence-electron chi connectivity index (χ3n) is 6.93. The van der Waals surface area contributed by atoms with E-state index in [1.54, 1.807) is 32.3 Å². The van der Waals surface area contributed by atoms with Crippen molar-refractivity contribution in [2.75, 3.05) is 34.2 Å². The number of nitrogens with two attached hydrogens (primary N) is 1. The Labute approximate surface area is 245 Å². The number of amides is 3. The Morgan fingerprint density at radius 2 is 1.43 bits per heavy atom. The molecule has 0 unspecified atom stereocenters. The van der Waals surface area contributed by atoms with Crippen LogP contribution in [0.4, 0.5) is 8.78 Å². The van der Waals surface area contributed by atoms with Gasteiger partial charge in [0.15, 0.2) is 0 Å². The van der Waals surface area contributed by atoms with Crippen molar-refractivity contribution in [3.63, 3.8) is 0 Å². The maximum Gasteiger partial charge on any atom is 0.254 e. The van der Waals surface area contributed by atoms with E-state index in [0.29, 0.717) is 0 Å². The van der Waals surface area contributed by atoms with E-state index in [1.807, 2.05) is 31.2 Å². The van der Waals surface area contributed by atoms with Gasteiger partial charge in [0.25, 0.3) is 11.8 Å². The molecule has 0 saturated heterocycles. The maximum atomic E-state index is 13.8. The first-order valence-corrected chi connectivity index (χ1v) is 13.7. The molecule has 0 fully saturated rings. The van der Waals surface area contributed by atoms with E-state index in [-0.39, 0.29) is 48.7 Å². The molecule has 0 aliphatic carbocycles. The van der Waals surface area contributed by atoms with E-state index in [9.17, 15) is 28.3 Å². The van der Waals surface area contributed by atoms with Crippen LogP contribution in [0.15, 0.2) is 66.7 Å². The van der Waals surface area contributed by atoms with Gasteiger partial charge in [-0.05, 0) is 59.9 Å².